The molecule has 214 valence electrons. The number of methoxy groups -OCH3 is 1. The van der Waals surface area contributed by atoms with Crippen molar-refractivity contribution in [2.24, 2.45) is 0 Å². The minimum absolute atomic E-state index is 0.219. The van der Waals surface area contributed by atoms with Crippen LogP contribution in [-0.2, 0) is 28.6 Å². The van der Waals surface area contributed by atoms with Crippen LogP contribution in [0.2, 0.25) is 0 Å². The van der Waals surface area contributed by atoms with Crippen LogP contribution in [0.5, 0.6) is 0 Å². The van der Waals surface area contributed by atoms with E-state index in [1.807, 2.05) is 25.6 Å². The lowest BCUT2D eigenvalue weighted by Gasteiger charge is -2.25. The SMILES string of the molecule is CCCCCCCCCCCCSC(CCCCCCC)C(C)OOC(OCCC)([PH+]=O)C(=O)OC. The molecule has 0 aliphatic heterocycles. The number of unbranched alkanes of at least 4 members (excludes halogenated alkanes) is 13. The van der Waals surface area contributed by atoms with Gasteiger partial charge in [-0.2, -0.15) is 11.8 Å². The standard InChI is InChI=1S/C28H55O6PS/c1-6-9-11-13-14-15-16-17-19-21-24-36-26(22-20-18-12-10-7-2)25(4)33-34-28(35-30,27(29)31-5)32-23-8-3/h25-26H,6-24H2,1-5H3/p+1. The number of ether oxygens (including phenoxy) is 2. The van der Waals surface area contributed by atoms with Gasteiger partial charge in [-0.1, -0.05) is 115 Å². The second kappa shape index (κ2) is 25.1. The van der Waals surface area contributed by atoms with Gasteiger partial charge >= 0.3 is 20.0 Å². The average Bonchev–Trinajstić information content (AvgIpc) is 2.90. The Morgan fingerprint density at radius 2 is 1.33 bits per heavy atom. The minimum atomic E-state index is -2.02. The van der Waals surface area contributed by atoms with Crippen LogP contribution < -0.4 is 0 Å². The van der Waals surface area contributed by atoms with Crippen molar-refractivity contribution in [2.75, 3.05) is 19.5 Å². The summed E-state index contributed by atoms with van der Waals surface area (Å²) in [5, 5.41) is 0.238. The van der Waals surface area contributed by atoms with Gasteiger partial charge in [0.15, 0.2) is 0 Å². The van der Waals surface area contributed by atoms with E-state index in [4.69, 9.17) is 19.2 Å². The predicted octanol–water partition coefficient (Wildman–Crippen LogP) is 8.98. The van der Waals surface area contributed by atoms with Crippen LogP contribution in [0.4, 0.5) is 0 Å². The maximum absolute atomic E-state index is 12.3. The monoisotopic (exact) mass is 551 g/mol. The van der Waals surface area contributed by atoms with Gasteiger partial charge in [-0.15, -0.1) is 4.89 Å². The number of carbonyl (C=O) groups excluding carboxylic acids is 1. The Balaban J connectivity index is 4.61. The van der Waals surface area contributed by atoms with Crippen LogP contribution in [0.1, 0.15) is 137 Å². The molecule has 0 aromatic heterocycles. The molecule has 0 fully saturated rings. The molecule has 0 aromatic carbocycles. The van der Waals surface area contributed by atoms with Gasteiger partial charge in [-0.25, -0.2) is 9.68 Å². The molecule has 0 saturated heterocycles. The van der Waals surface area contributed by atoms with Gasteiger partial charge in [0.2, 0.25) is 0 Å². The smallest absolute Gasteiger partial charge is 0.461 e. The largest absolute Gasteiger partial charge is 0.497 e. The van der Waals surface area contributed by atoms with Gasteiger partial charge in [0.1, 0.15) is 6.10 Å². The highest BCUT2D eigenvalue weighted by molar-refractivity contribution is 7.99. The molecule has 0 spiro atoms. The van der Waals surface area contributed by atoms with E-state index in [1.165, 1.54) is 97.0 Å². The zero-order valence-corrected chi connectivity index (χ0v) is 25.8. The summed E-state index contributed by atoms with van der Waals surface area (Å²) < 4.78 is 22.1. The average molecular weight is 552 g/mol. The zero-order valence-electron chi connectivity index (χ0n) is 23.9. The van der Waals surface area contributed by atoms with Crippen molar-refractivity contribution in [3.8, 4) is 0 Å². The van der Waals surface area contributed by atoms with E-state index in [2.05, 4.69) is 13.8 Å². The Morgan fingerprint density at radius 1 is 0.806 bits per heavy atom. The molecule has 0 aliphatic rings. The highest BCUT2D eigenvalue weighted by Gasteiger charge is 2.55. The Hall–Kier alpha value is -0.200. The topological polar surface area (TPSA) is 71.1 Å². The summed E-state index contributed by atoms with van der Waals surface area (Å²) in [6.07, 6.45) is 20.8. The highest BCUT2D eigenvalue weighted by atomic mass is 32.2. The summed E-state index contributed by atoms with van der Waals surface area (Å²) in [6, 6.07) is 0. The Labute approximate surface area is 227 Å². The quantitative estimate of drug-likeness (QED) is 0.0252. The van der Waals surface area contributed by atoms with Crippen LogP contribution in [-0.4, -0.2) is 42.3 Å². The second-order valence-corrected chi connectivity index (χ2v) is 11.9. The van der Waals surface area contributed by atoms with Crippen LogP contribution in [0.25, 0.3) is 0 Å². The Morgan fingerprint density at radius 3 is 1.83 bits per heavy atom. The summed E-state index contributed by atoms with van der Waals surface area (Å²) in [5.74, 6) is 0.243. The Bertz CT molecular complexity index is 524. The lowest BCUT2D eigenvalue weighted by atomic mass is 10.1. The van der Waals surface area contributed by atoms with E-state index in [1.54, 1.807) is 0 Å². The predicted molar refractivity (Wildman–Crippen MR) is 153 cm³/mol. The van der Waals surface area contributed by atoms with Gasteiger partial charge in [0, 0.05) is 5.25 Å². The van der Waals surface area contributed by atoms with E-state index in [9.17, 15) is 9.36 Å². The second-order valence-electron chi connectivity index (χ2n) is 9.74. The number of carbonyl (C=O) groups is 1. The molecule has 0 heterocycles. The van der Waals surface area contributed by atoms with Gasteiger partial charge in [-0.3, -0.25) is 4.74 Å². The third-order valence-corrected chi connectivity index (χ3v) is 8.63. The van der Waals surface area contributed by atoms with Crippen molar-refractivity contribution >= 4 is 26.2 Å². The van der Waals surface area contributed by atoms with Crippen molar-refractivity contribution < 1.29 is 28.6 Å². The molecular weight excluding hydrogens is 495 g/mol. The van der Waals surface area contributed by atoms with Crippen molar-refractivity contribution in [3.05, 3.63) is 0 Å². The van der Waals surface area contributed by atoms with Crippen molar-refractivity contribution in [1.29, 1.82) is 0 Å². The number of hydrogen-bond acceptors (Lipinski definition) is 7. The fourth-order valence-electron chi connectivity index (χ4n) is 4.02. The fraction of sp³-hybridized carbons (Fsp3) is 0.964. The number of esters is 1. The van der Waals surface area contributed by atoms with Crippen LogP contribution in [0.3, 0.4) is 0 Å². The van der Waals surface area contributed by atoms with Gasteiger partial charge in [0.05, 0.1) is 13.7 Å². The summed E-state index contributed by atoms with van der Waals surface area (Å²) in [7, 11) is 0.0318. The molecular formula is C28H56O6PS+. The van der Waals surface area contributed by atoms with Gasteiger partial charge in [0.25, 0.3) is 0 Å². The molecule has 0 aromatic rings. The molecule has 4 unspecified atom stereocenters. The maximum atomic E-state index is 12.3. The third-order valence-electron chi connectivity index (χ3n) is 6.36. The summed E-state index contributed by atoms with van der Waals surface area (Å²) >= 11 is 1.92. The first-order chi connectivity index (χ1) is 17.5. The molecule has 0 amide bonds. The first kappa shape index (κ1) is 35.8. The molecule has 4 atom stereocenters. The van der Waals surface area contributed by atoms with Crippen molar-refractivity contribution in [3.63, 3.8) is 0 Å². The lowest BCUT2D eigenvalue weighted by Crippen LogP contribution is -2.42. The van der Waals surface area contributed by atoms with E-state index < -0.39 is 20.0 Å². The normalized spacial score (nSPS) is 15.0. The molecule has 0 saturated carbocycles. The molecule has 0 aliphatic carbocycles. The number of thioether (sulfide) groups is 1. The number of hydrogen-bond donors (Lipinski definition) is 0. The summed E-state index contributed by atoms with van der Waals surface area (Å²) in [5.41, 5.74) is -2.02. The highest BCUT2D eigenvalue weighted by Crippen LogP contribution is 2.32. The molecule has 0 N–H and O–H groups in total. The molecule has 8 heteroatoms. The zero-order chi connectivity index (χ0) is 26.9. The maximum Gasteiger partial charge on any atom is 0.497 e. The molecule has 0 rings (SSSR count). The number of rotatable bonds is 27. The van der Waals surface area contributed by atoms with Crippen LogP contribution >= 0.6 is 20.2 Å². The van der Waals surface area contributed by atoms with Crippen molar-refractivity contribution in [1.82, 2.24) is 0 Å². The third kappa shape index (κ3) is 17.3. The summed E-state index contributed by atoms with van der Waals surface area (Å²) in [6.45, 7) is 8.56. The summed E-state index contributed by atoms with van der Waals surface area (Å²) in [4.78, 5) is 23.3. The molecule has 36 heavy (non-hydrogen) atoms. The van der Waals surface area contributed by atoms with Gasteiger partial charge in [-0.05, 0) is 31.9 Å². The lowest BCUT2D eigenvalue weighted by molar-refractivity contribution is -0.402. The fourth-order valence-corrected chi connectivity index (χ4v) is 5.77. The van der Waals surface area contributed by atoms with Crippen molar-refractivity contribution in [2.45, 2.75) is 154 Å². The molecule has 0 bridgehead atoms. The van der Waals surface area contributed by atoms with E-state index in [-0.39, 0.29) is 18.0 Å². The Kier molecular flexibility index (Phi) is 25.0. The van der Waals surface area contributed by atoms with E-state index in [0.29, 0.717) is 6.42 Å². The van der Waals surface area contributed by atoms with Gasteiger partial charge < -0.3 is 4.74 Å². The van der Waals surface area contributed by atoms with Crippen LogP contribution in [0, 0.1) is 0 Å². The van der Waals surface area contributed by atoms with E-state index >= 15 is 0 Å². The van der Waals surface area contributed by atoms with Crippen LogP contribution in [0.15, 0.2) is 0 Å². The van der Waals surface area contributed by atoms with E-state index in [0.717, 1.165) is 18.6 Å². The molecule has 0 radical (unpaired) electrons. The first-order valence-corrected chi connectivity index (χ1v) is 16.5. The first-order valence-electron chi connectivity index (χ1n) is 14.6. The minimum Gasteiger partial charge on any atom is -0.461 e. The molecule has 6 nitrogen and oxygen atoms in total.